The topological polar surface area (TPSA) is 144 Å². The molecule has 3 aromatic rings. The molecule has 2 saturated heterocycles. The van der Waals surface area contributed by atoms with E-state index in [2.05, 4.69) is 15.6 Å². The van der Waals surface area contributed by atoms with Crippen molar-refractivity contribution in [3.8, 4) is 11.5 Å². The van der Waals surface area contributed by atoms with Crippen molar-refractivity contribution in [3.63, 3.8) is 0 Å². The molecule has 2 aromatic carbocycles. The standard InChI is InChI=1S/C22H19NO4.C10H16N2O3S.Bi/c1-15(24)26-19-10-6-17(7-11-19)22(21-5-3-4-14-23-21)18-8-12-20(13-9-18)27-16(2)25;13-8(14)4-2-1-3-7-9-6(5-16-7)11-10(15)12-9;/h3-14,22H,1-2H3;6-7,9H,1-5H2,(H,13,14)(H2,11,12,15);/t;6-,7-,9-;/m.0./s1. The van der Waals surface area contributed by atoms with Crippen molar-refractivity contribution in [2.24, 2.45) is 0 Å². The molecule has 2 fully saturated rings. The van der Waals surface area contributed by atoms with Gasteiger partial charge in [-0.1, -0.05) is 36.8 Å². The predicted octanol–water partition coefficient (Wildman–Crippen LogP) is 4.53. The number of benzene rings is 2. The molecule has 5 rings (SSSR count). The van der Waals surface area contributed by atoms with E-state index in [0.717, 1.165) is 41.8 Å². The van der Waals surface area contributed by atoms with Crippen LogP contribution in [0.4, 0.5) is 4.79 Å². The van der Waals surface area contributed by atoms with Crippen LogP contribution in [-0.2, 0) is 14.4 Å². The molecule has 12 heteroatoms. The molecule has 0 aliphatic carbocycles. The van der Waals surface area contributed by atoms with Crippen LogP contribution in [0.3, 0.4) is 0 Å². The van der Waals surface area contributed by atoms with Crippen molar-refractivity contribution in [1.29, 1.82) is 0 Å². The average molecular weight is 815 g/mol. The number of esters is 2. The van der Waals surface area contributed by atoms with Gasteiger partial charge in [-0.25, -0.2) is 4.79 Å². The van der Waals surface area contributed by atoms with Gasteiger partial charge in [0, 0.05) is 63.7 Å². The van der Waals surface area contributed by atoms with Gasteiger partial charge in [0.05, 0.1) is 23.7 Å². The van der Waals surface area contributed by atoms with Gasteiger partial charge in [-0.2, -0.15) is 11.8 Å². The number of ether oxygens (including phenoxy) is 2. The fourth-order valence-electron chi connectivity index (χ4n) is 5.13. The summed E-state index contributed by atoms with van der Waals surface area (Å²) >= 11 is 1.87. The molecular weight excluding hydrogens is 779 g/mol. The Morgan fingerprint density at radius 3 is 2.00 bits per heavy atom. The number of carbonyl (C=O) groups excluding carboxylic acids is 3. The number of carboxylic acid groups (broad SMARTS) is 1. The zero-order valence-electron chi connectivity index (χ0n) is 24.5. The van der Waals surface area contributed by atoms with E-state index < -0.39 is 5.97 Å². The van der Waals surface area contributed by atoms with E-state index in [9.17, 15) is 19.2 Å². The maximum absolute atomic E-state index is 11.1. The number of amides is 2. The molecule has 0 unspecified atom stereocenters. The van der Waals surface area contributed by atoms with Gasteiger partial charge in [0.15, 0.2) is 0 Å². The van der Waals surface area contributed by atoms with Crippen LogP contribution in [0.2, 0.25) is 0 Å². The van der Waals surface area contributed by atoms with Crippen molar-refractivity contribution in [3.05, 3.63) is 89.7 Å². The summed E-state index contributed by atoms with van der Waals surface area (Å²) in [5.74, 6) is 0.409. The van der Waals surface area contributed by atoms with E-state index >= 15 is 0 Å². The summed E-state index contributed by atoms with van der Waals surface area (Å²) < 4.78 is 10.2. The molecule has 2 amide bonds. The van der Waals surface area contributed by atoms with E-state index in [-0.39, 0.29) is 68.6 Å². The minimum atomic E-state index is -0.729. The molecule has 3 atom stereocenters. The van der Waals surface area contributed by atoms with Crippen LogP contribution in [0.25, 0.3) is 0 Å². The van der Waals surface area contributed by atoms with Gasteiger partial charge in [-0.15, -0.1) is 0 Å². The summed E-state index contributed by atoms with van der Waals surface area (Å²) in [5, 5.41) is 14.8. The van der Waals surface area contributed by atoms with Crippen molar-refractivity contribution in [2.45, 2.75) is 62.8 Å². The summed E-state index contributed by atoms with van der Waals surface area (Å²) in [7, 11) is 0. The van der Waals surface area contributed by atoms with Gasteiger partial charge in [0.2, 0.25) is 0 Å². The second kappa shape index (κ2) is 17.1. The normalized spacial score (nSPS) is 18.1. The fourth-order valence-corrected chi connectivity index (χ4v) is 6.68. The van der Waals surface area contributed by atoms with Crippen molar-refractivity contribution < 1.29 is 33.8 Å². The number of aliphatic carboxylic acids is 1. The molecule has 44 heavy (non-hydrogen) atoms. The number of thioether (sulfide) groups is 1. The Hall–Kier alpha value is -3.50. The van der Waals surface area contributed by atoms with E-state index in [1.54, 1.807) is 30.5 Å². The number of unbranched alkanes of at least 4 members (excludes halogenated alkanes) is 1. The molecule has 2 aliphatic rings. The molecule has 0 saturated carbocycles. The Kier molecular flexibility index (Phi) is 13.6. The third kappa shape index (κ3) is 10.3. The predicted molar refractivity (Wildman–Crippen MR) is 168 cm³/mol. The second-order valence-corrected chi connectivity index (χ2v) is 11.5. The van der Waals surface area contributed by atoms with Crippen LogP contribution in [0.5, 0.6) is 11.5 Å². The SMILES string of the molecule is CC(=O)Oc1ccc(C(c2ccc(OC(C)=O)cc2)c2ccccn2)cc1.O=C(O)CCCC[C@@H]1SC[C@@H]2NC(=O)N[C@@H]21.[Bi]. The van der Waals surface area contributed by atoms with Gasteiger partial charge in [0.1, 0.15) is 11.5 Å². The quantitative estimate of drug-likeness (QED) is 0.0885. The molecule has 2 aliphatic heterocycles. The van der Waals surface area contributed by atoms with Gasteiger partial charge in [0.25, 0.3) is 0 Å². The van der Waals surface area contributed by atoms with Crippen molar-refractivity contribution in [1.82, 2.24) is 15.6 Å². The first kappa shape index (κ1) is 35.0. The number of rotatable bonds is 10. The van der Waals surface area contributed by atoms with E-state index in [4.69, 9.17) is 14.6 Å². The second-order valence-electron chi connectivity index (χ2n) is 10.3. The first-order valence-corrected chi connectivity index (χ1v) is 15.1. The van der Waals surface area contributed by atoms with E-state index in [1.165, 1.54) is 13.8 Å². The first-order valence-electron chi connectivity index (χ1n) is 14.1. The van der Waals surface area contributed by atoms with Gasteiger partial charge in [-0.3, -0.25) is 19.4 Å². The first-order chi connectivity index (χ1) is 20.7. The van der Waals surface area contributed by atoms with Crippen LogP contribution in [0.15, 0.2) is 72.9 Å². The number of carbonyl (C=O) groups is 4. The number of carboxylic acids is 1. The summed E-state index contributed by atoms with van der Waals surface area (Å²) in [4.78, 5) is 48.2. The third-order valence-corrected chi connectivity index (χ3v) is 8.51. The Bertz CT molecular complexity index is 1350. The molecule has 3 radical (unpaired) electrons. The Morgan fingerprint density at radius 2 is 1.50 bits per heavy atom. The maximum Gasteiger partial charge on any atom is 0.315 e. The summed E-state index contributed by atoms with van der Waals surface area (Å²) in [6, 6.07) is 20.9. The minimum Gasteiger partial charge on any atom is -0.481 e. The zero-order chi connectivity index (χ0) is 30.8. The third-order valence-electron chi connectivity index (χ3n) is 7.00. The Morgan fingerprint density at radius 1 is 0.909 bits per heavy atom. The molecule has 3 heterocycles. The Labute approximate surface area is 279 Å². The number of pyridine rings is 1. The van der Waals surface area contributed by atoms with Gasteiger partial charge >= 0.3 is 23.9 Å². The molecule has 0 bridgehead atoms. The van der Waals surface area contributed by atoms with Crippen LogP contribution < -0.4 is 20.1 Å². The molecular formula is C32H35BiN3O7S. The maximum atomic E-state index is 11.1. The largest absolute Gasteiger partial charge is 0.481 e. The van der Waals surface area contributed by atoms with Crippen LogP contribution in [0.1, 0.15) is 62.3 Å². The van der Waals surface area contributed by atoms with Crippen molar-refractivity contribution >= 4 is 61.9 Å². The minimum absolute atomic E-state index is 0. The van der Waals surface area contributed by atoms with Crippen LogP contribution in [0, 0.1) is 0 Å². The van der Waals surface area contributed by atoms with E-state index in [1.807, 2.05) is 54.2 Å². The Balaban J connectivity index is 0.000000266. The van der Waals surface area contributed by atoms with Crippen LogP contribution >= 0.6 is 11.8 Å². The molecule has 3 N–H and O–H groups in total. The number of nitrogens with zero attached hydrogens (tertiary/aromatic N) is 1. The van der Waals surface area contributed by atoms with E-state index in [0.29, 0.717) is 16.7 Å². The molecule has 10 nitrogen and oxygen atoms in total. The number of aromatic nitrogens is 1. The zero-order valence-corrected chi connectivity index (χ0v) is 28.8. The number of nitrogens with one attached hydrogen (secondary N) is 2. The molecule has 231 valence electrons. The number of fused-ring (bicyclic) bond motifs is 1. The monoisotopic (exact) mass is 814 g/mol. The fraction of sp³-hybridized carbons (Fsp3) is 0.344. The average Bonchev–Trinajstić information content (AvgIpc) is 3.52. The smallest absolute Gasteiger partial charge is 0.315 e. The van der Waals surface area contributed by atoms with Gasteiger partial charge in [-0.05, 0) is 60.4 Å². The number of hydrogen-bond acceptors (Lipinski definition) is 8. The van der Waals surface area contributed by atoms with Crippen LogP contribution in [-0.4, -0.2) is 83.3 Å². The molecule has 0 spiro atoms. The van der Waals surface area contributed by atoms with Crippen molar-refractivity contribution in [2.75, 3.05) is 5.75 Å². The van der Waals surface area contributed by atoms with Gasteiger partial charge < -0.3 is 25.2 Å². The summed E-state index contributed by atoms with van der Waals surface area (Å²) in [5.41, 5.74) is 2.90. The number of hydrogen-bond donors (Lipinski definition) is 3. The number of urea groups is 1. The summed E-state index contributed by atoms with van der Waals surface area (Å²) in [6.45, 7) is 2.74. The summed E-state index contributed by atoms with van der Waals surface area (Å²) in [6.07, 6.45) is 4.63. The molecule has 1 aromatic heterocycles.